The van der Waals surface area contributed by atoms with Gasteiger partial charge >= 0.3 is 0 Å². The number of ketones is 1. The van der Waals surface area contributed by atoms with Crippen LogP contribution < -0.4 is 4.74 Å². The average Bonchev–Trinajstić information content (AvgIpc) is 2.28. The van der Waals surface area contributed by atoms with Gasteiger partial charge in [-0.2, -0.15) is 0 Å². The highest BCUT2D eigenvalue weighted by Crippen LogP contribution is 2.41. The highest BCUT2D eigenvalue weighted by atomic mass is 35.5. The minimum atomic E-state index is -0.502. The molecule has 1 aliphatic heterocycles. The van der Waals surface area contributed by atoms with E-state index < -0.39 is 10.5 Å². The lowest BCUT2D eigenvalue weighted by molar-refractivity contribution is -0.111. The first-order chi connectivity index (χ1) is 7.63. The number of ether oxygens (including phenoxy) is 1. The summed E-state index contributed by atoms with van der Waals surface area (Å²) in [7, 11) is 1.53. The molecule has 1 atom stereocenters. The van der Waals surface area contributed by atoms with Crippen LogP contribution in [0.3, 0.4) is 0 Å². The molecule has 0 N–H and O–H groups in total. The fourth-order valence-electron chi connectivity index (χ4n) is 1.61. The molecule has 1 aromatic rings. The van der Waals surface area contributed by atoms with Crippen molar-refractivity contribution in [3.05, 3.63) is 23.8 Å². The zero-order valence-corrected chi connectivity index (χ0v) is 10.1. The number of fused-ring (bicyclic) bond motifs is 1. The Morgan fingerprint density at radius 2 is 2.31 bits per heavy atom. The van der Waals surface area contributed by atoms with Gasteiger partial charge in [0.05, 0.1) is 17.3 Å². The van der Waals surface area contributed by atoms with Gasteiger partial charge in [0.15, 0.2) is 5.78 Å². The van der Waals surface area contributed by atoms with Crippen LogP contribution in [0.15, 0.2) is 23.1 Å². The lowest BCUT2D eigenvalue weighted by Gasteiger charge is -2.21. The van der Waals surface area contributed by atoms with Gasteiger partial charge in [0.25, 0.3) is 0 Å². The molecule has 0 saturated carbocycles. The van der Waals surface area contributed by atoms with Crippen LogP contribution in [-0.4, -0.2) is 23.4 Å². The van der Waals surface area contributed by atoms with E-state index in [2.05, 4.69) is 0 Å². The van der Waals surface area contributed by atoms with Gasteiger partial charge in [0, 0.05) is 12.0 Å². The molecule has 0 spiro atoms. The van der Waals surface area contributed by atoms with Crippen molar-refractivity contribution in [1.82, 2.24) is 0 Å². The Kier molecular flexibility index (Phi) is 3.21. The number of carbonyl (C=O) groups is 2. The summed E-state index contributed by atoms with van der Waals surface area (Å²) >= 11 is 6.72. The van der Waals surface area contributed by atoms with Crippen molar-refractivity contribution in [3.63, 3.8) is 0 Å². The maximum atomic E-state index is 11.8. The number of Topliss-reactive ketones (excluding diaryl/α,β-unsaturated/α-hetero) is 1. The van der Waals surface area contributed by atoms with Gasteiger partial charge in [-0.25, -0.2) is 0 Å². The Hall–Kier alpha value is -1.00. The van der Waals surface area contributed by atoms with Gasteiger partial charge in [-0.15, -0.1) is 11.8 Å². The van der Waals surface area contributed by atoms with E-state index in [0.29, 0.717) is 16.2 Å². The smallest absolute Gasteiger partial charge is 0.235 e. The SMILES string of the molecule is COc1cccc2c1SC(C(=O)Cl)CC2=O. The Morgan fingerprint density at radius 3 is 2.94 bits per heavy atom. The van der Waals surface area contributed by atoms with E-state index in [1.807, 2.05) is 0 Å². The van der Waals surface area contributed by atoms with Crippen LogP contribution in [0, 0.1) is 0 Å². The molecule has 1 aromatic carbocycles. The van der Waals surface area contributed by atoms with Crippen molar-refractivity contribution < 1.29 is 14.3 Å². The number of rotatable bonds is 2. The molecule has 0 aromatic heterocycles. The molecule has 0 radical (unpaired) electrons. The molecule has 84 valence electrons. The van der Waals surface area contributed by atoms with Gasteiger partial charge in [-0.3, -0.25) is 9.59 Å². The maximum Gasteiger partial charge on any atom is 0.235 e. The molecule has 0 amide bonds. The van der Waals surface area contributed by atoms with E-state index in [1.165, 1.54) is 18.9 Å². The molecule has 2 rings (SSSR count). The first-order valence-electron chi connectivity index (χ1n) is 4.69. The van der Waals surface area contributed by atoms with Crippen molar-refractivity contribution in [2.45, 2.75) is 16.6 Å². The van der Waals surface area contributed by atoms with Gasteiger partial charge in [0.1, 0.15) is 5.75 Å². The third-order valence-corrected chi connectivity index (χ3v) is 4.10. The number of carbonyl (C=O) groups excluding carboxylic acids is 2. The number of benzene rings is 1. The minimum Gasteiger partial charge on any atom is -0.496 e. The van der Waals surface area contributed by atoms with E-state index in [0.717, 1.165) is 0 Å². The molecule has 3 nitrogen and oxygen atoms in total. The quantitative estimate of drug-likeness (QED) is 0.763. The summed E-state index contributed by atoms with van der Waals surface area (Å²) < 4.78 is 5.16. The van der Waals surface area contributed by atoms with Crippen LogP contribution in [0.2, 0.25) is 0 Å². The standard InChI is InChI=1S/C11H9ClO3S/c1-15-8-4-2-3-6-7(13)5-9(11(12)14)16-10(6)8/h2-4,9H,5H2,1H3. The summed E-state index contributed by atoms with van der Waals surface area (Å²) in [6.07, 6.45) is 0.160. The van der Waals surface area contributed by atoms with Crippen LogP contribution in [0.25, 0.3) is 0 Å². The Balaban J connectivity index is 2.46. The Bertz CT molecular complexity index is 459. The molecule has 1 aliphatic rings. The highest BCUT2D eigenvalue weighted by Gasteiger charge is 2.31. The van der Waals surface area contributed by atoms with E-state index in [1.54, 1.807) is 18.2 Å². The summed E-state index contributed by atoms with van der Waals surface area (Å²) in [4.78, 5) is 23.6. The van der Waals surface area contributed by atoms with E-state index in [9.17, 15) is 9.59 Å². The average molecular weight is 257 g/mol. The van der Waals surface area contributed by atoms with Crippen LogP contribution in [-0.2, 0) is 4.79 Å². The summed E-state index contributed by atoms with van der Waals surface area (Å²) in [6, 6.07) is 5.27. The normalized spacial score (nSPS) is 19.1. The topological polar surface area (TPSA) is 43.4 Å². The second kappa shape index (κ2) is 4.47. The molecule has 0 aliphatic carbocycles. The molecule has 1 unspecified atom stereocenters. The number of methoxy groups -OCH3 is 1. The Morgan fingerprint density at radius 1 is 1.56 bits per heavy atom. The van der Waals surface area contributed by atoms with Crippen LogP contribution in [0.5, 0.6) is 5.75 Å². The zero-order valence-electron chi connectivity index (χ0n) is 8.53. The monoisotopic (exact) mass is 256 g/mol. The molecule has 5 heteroatoms. The fourth-order valence-corrected chi connectivity index (χ4v) is 3.01. The summed E-state index contributed by atoms with van der Waals surface area (Å²) in [5.41, 5.74) is 0.610. The largest absolute Gasteiger partial charge is 0.496 e. The van der Waals surface area contributed by atoms with Crippen molar-refractivity contribution in [2.24, 2.45) is 0 Å². The van der Waals surface area contributed by atoms with Gasteiger partial charge < -0.3 is 4.74 Å². The van der Waals surface area contributed by atoms with Crippen molar-refractivity contribution in [1.29, 1.82) is 0 Å². The molecule has 0 bridgehead atoms. The first kappa shape index (κ1) is 11.5. The van der Waals surface area contributed by atoms with Gasteiger partial charge in [-0.05, 0) is 17.7 Å². The predicted molar refractivity (Wildman–Crippen MR) is 62.4 cm³/mol. The van der Waals surface area contributed by atoms with Crippen molar-refractivity contribution >= 4 is 34.4 Å². The number of halogens is 1. The third kappa shape index (κ3) is 1.95. The van der Waals surface area contributed by atoms with Crippen molar-refractivity contribution in [3.8, 4) is 5.75 Å². The summed E-state index contributed by atoms with van der Waals surface area (Å²) in [5.74, 6) is 0.546. The van der Waals surface area contributed by atoms with Gasteiger partial charge in [0.2, 0.25) is 5.24 Å². The highest BCUT2D eigenvalue weighted by molar-refractivity contribution is 8.01. The zero-order chi connectivity index (χ0) is 11.7. The summed E-state index contributed by atoms with van der Waals surface area (Å²) in [6.45, 7) is 0. The molecule has 0 saturated heterocycles. The molecule has 1 heterocycles. The summed E-state index contributed by atoms with van der Waals surface area (Å²) in [5, 5.41) is -0.993. The van der Waals surface area contributed by atoms with E-state index in [4.69, 9.17) is 16.3 Å². The fraction of sp³-hybridized carbons (Fsp3) is 0.273. The van der Waals surface area contributed by atoms with Gasteiger partial charge in [-0.1, -0.05) is 12.1 Å². The third-order valence-electron chi connectivity index (χ3n) is 2.38. The van der Waals surface area contributed by atoms with Crippen LogP contribution >= 0.6 is 23.4 Å². The molecule has 0 fully saturated rings. The second-order valence-corrected chi connectivity index (χ2v) is 4.96. The van der Waals surface area contributed by atoms with E-state index in [-0.39, 0.29) is 12.2 Å². The van der Waals surface area contributed by atoms with Crippen LogP contribution in [0.4, 0.5) is 0 Å². The van der Waals surface area contributed by atoms with E-state index >= 15 is 0 Å². The predicted octanol–water partition coefficient (Wildman–Crippen LogP) is 2.51. The number of hydrogen-bond acceptors (Lipinski definition) is 4. The Labute approximate surface area is 102 Å². The first-order valence-corrected chi connectivity index (χ1v) is 5.95. The molecular formula is C11H9ClO3S. The molecular weight excluding hydrogens is 248 g/mol. The lowest BCUT2D eigenvalue weighted by atomic mass is 10.1. The number of hydrogen-bond donors (Lipinski definition) is 0. The molecule has 16 heavy (non-hydrogen) atoms. The lowest BCUT2D eigenvalue weighted by Crippen LogP contribution is -2.22. The van der Waals surface area contributed by atoms with Crippen LogP contribution in [0.1, 0.15) is 16.8 Å². The van der Waals surface area contributed by atoms with Crippen molar-refractivity contribution in [2.75, 3.05) is 7.11 Å². The second-order valence-electron chi connectivity index (χ2n) is 3.37. The minimum absolute atomic E-state index is 0.0633. The maximum absolute atomic E-state index is 11.8. The number of thioether (sulfide) groups is 1.